The second kappa shape index (κ2) is 15.1. The third kappa shape index (κ3) is 8.98. The molecule has 0 aliphatic heterocycles. The summed E-state index contributed by atoms with van der Waals surface area (Å²) in [5, 5.41) is 18.4. The van der Waals surface area contributed by atoms with Crippen LogP contribution in [0.25, 0.3) is 11.3 Å². The molecule has 42 heavy (non-hydrogen) atoms. The Labute approximate surface area is 267 Å². The van der Waals surface area contributed by atoms with Crippen LogP contribution in [0.15, 0.2) is 79.4 Å². The average molecular weight is 665 g/mol. The molecule has 0 radical (unpaired) electrons. The first-order valence-corrected chi connectivity index (χ1v) is 14.1. The number of rotatable bonds is 8. The second-order valence-corrected chi connectivity index (χ2v) is 10.6. The van der Waals surface area contributed by atoms with Crippen molar-refractivity contribution in [2.45, 2.75) is 13.1 Å². The molecule has 8 nitrogen and oxygen atoms in total. The van der Waals surface area contributed by atoms with Crippen molar-refractivity contribution in [1.82, 2.24) is 19.9 Å². The number of methoxy groups -OCH3 is 1. The number of ether oxygens (including phenoxy) is 1. The number of nitrogens with one attached hydrogen (secondary N) is 2. The van der Waals surface area contributed by atoms with Gasteiger partial charge in [0.15, 0.2) is 11.5 Å². The largest absolute Gasteiger partial charge is 0.504 e. The van der Waals surface area contributed by atoms with Crippen molar-refractivity contribution in [1.29, 1.82) is 0 Å². The summed E-state index contributed by atoms with van der Waals surface area (Å²) in [4.78, 5) is 16.7. The van der Waals surface area contributed by atoms with Gasteiger partial charge < -0.3 is 20.5 Å². The molecule has 0 saturated carbocycles. The van der Waals surface area contributed by atoms with E-state index in [0.717, 1.165) is 16.7 Å². The number of phenolic OH excluding ortho intramolecular Hbond substituents is 1. The van der Waals surface area contributed by atoms with Gasteiger partial charge in [-0.05, 0) is 53.6 Å². The highest BCUT2D eigenvalue weighted by Gasteiger charge is 2.08. The van der Waals surface area contributed by atoms with E-state index in [9.17, 15) is 5.11 Å². The summed E-state index contributed by atoms with van der Waals surface area (Å²) in [6, 6.07) is 15.9. The Morgan fingerprint density at radius 1 is 0.667 bits per heavy atom. The van der Waals surface area contributed by atoms with Gasteiger partial charge in [0.2, 0.25) is 0 Å². The molecule has 0 bridgehead atoms. The highest BCUT2D eigenvalue weighted by Crippen LogP contribution is 2.31. The minimum absolute atomic E-state index is 0.0769. The molecule has 3 N–H and O–H groups in total. The van der Waals surface area contributed by atoms with E-state index in [1.807, 2.05) is 12.1 Å². The van der Waals surface area contributed by atoms with E-state index in [1.165, 1.54) is 13.3 Å². The van der Waals surface area contributed by atoms with Crippen LogP contribution in [-0.4, -0.2) is 32.2 Å². The lowest BCUT2D eigenvalue weighted by Gasteiger charge is -2.09. The lowest BCUT2D eigenvalue weighted by Crippen LogP contribution is -2.02. The number of halogens is 5. The quantitative estimate of drug-likeness (QED) is 0.151. The SMILES string of the molecule is COc1cc(-c2cncc(NCc3ccc(Cl)c(Cl)c3)n2)ccc1O.Clc1cncc(NCc2ccc(Cl)c(Cl)c2)n1. The van der Waals surface area contributed by atoms with E-state index in [2.05, 4.69) is 30.6 Å². The zero-order valence-electron chi connectivity index (χ0n) is 22.0. The fraction of sp³-hybridized carbons (Fsp3) is 0.103. The Morgan fingerprint density at radius 2 is 1.24 bits per heavy atom. The number of aromatic nitrogens is 4. The van der Waals surface area contributed by atoms with Gasteiger partial charge in [0.1, 0.15) is 16.8 Å². The molecular weight excluding hydrogens is 642 g/mol. The maximum atomic E-state index is 9.70. The molecule has 2 heterocycles. The highest BCUT2D eigenvalue weighted by molar-refractivity contribution is 6.42. The van der Waals surface area contributed by atoms with E-state index in [-0.39, 0.29) is 5.75 Å². The first-order chi connectivity index (χ1) is 20.2. The Balaban J connectivity index is 0.000000208. The Morgan fingerprint density at radius 3 is 1.79 bits per heavy atom. The standard InChI is InChI=1S/C18H15Cl2N3O2.C11H8Cl3N3/c1-25-17-7-12(3-5-16(17)24)15-9-21-10-18(23-15)22-8-11-2-4-13(19)14(20)6-11;12-8-2-1-7(3-9(8)13)4-16-11-6-15-5-10(14)17-11/h2-7,9-10,24H,8H2,1H3,(H,22,23);1-3,5-6H,4H2,(H,16,17). The molecule has 0 aliphatic carbocycles. The summed E-state index contributed by atoms with van der Waals surface area (Å²) >= 11 is 29.4. The minimum atomic E-state index is 0.0769. The number of nitrogens with zero attached hydrogens (tertiary/aromatic N) is 4. The molecule has 13 heteroatoms. The number of benzene rings is 3. The minimum Gasteiger partial charge on any atom is -0.504 e. The highest BCUT2D eigenvalue weighted by atomic mass is 35.5. The first kappa shape index (κ1) is 31.4. The van der Waals surface area contributed by atoms with Gasteiger partial charge in [-0.15, -0.1) is 0 Å². The summed E-state index contributed by atoms with van der Waals surface area (Å²) in [6.45, 7) is 1.11. The summed E-state index contributed by atoms with van der Waals surface area (Å²) in [5.41, 5.74) is 3.44. The lowest BCUT2D eigenvalue weighted by atomic mass is 10.1. The molecule has 5 aromatic rings. The van der Waals surface area contributed by atoms with Gasteiger partial charge in [-0.3, -0.25) is 9.97 Å². The molecule has 0 aliphatic rings. The van der Waals surface area contributed by atoms with Crippen LogP contribution < -0.4 is 15.4 Å². The molecule has 0 saturated heterocycles. The van der Waals surface area contributed by atoms with E-state index >= 15 is 0 Å². The maximum absolute atomic E-state index is 9.70. The average Bonchev–Trinajstić information content (AvgIpc) is 2.99. The van der Waals surface area contributed by atoms with E-state index < -0.39 is 0 Å². The van der Waals surface area contributed by atoms with Crippen LogP contribution in [-0.2, 0) is 13.1 Å². The van der Waals surface area contributed by atoms with Gasteiger partial charge in [-0.25, -0.2) is 9.97 Å². The van der Waals surface area contributed by atoms with Gasteiger partial charge in [0.05, 0.1) is 57.7 Å². The van der Waals surface area contributed by atoms with Gasteiger partial charge >= 0.3 is 0 Å². The first-order valence-electron chi connectivity index (χ1n) is 12.2. The van der Waals surface area contributed by atoms with Crippen LogP contribution in [0.1, 0.15) is 11.1 Å². The van der Waals surface area contributed by atoms with Crippen molar-refractivity contribution in [2.24, 2.45) is 0 Å². The number of phenols is 1. The summed E-state index contributed by atoms with van der Waals surface area (Å²) in [5.74, 6) is 1.70. The zero-order valence-corrected chi connectivity index (χ0v) is 25.7. The van der Waals surface area contributed by atoms with Crippen LogP contribution in [0.4, 0.5) is 11.6 Å². The summed E-state index contributed by atoms with van der Waals surface area (Å²) < 4.78 is 5.13. The number of anilines is 2. The van der Waals surface area contributed by atoms with Crippen molar-refractivity contribution in [3.8, 4) is 22.8 Å². The molecule has 0 amide bonds. The van der Waals surface area contributed by atoms with Crippen LogP contribution in [0, 0.1) is 0 Å². The van der Waals surface area contributed by atoms with Gasteiger partial charge in [-0.1, -0.05) is 70.1 Å². The van der Waals surface area contributed by atoms with Crippen molar-refractivity contribution >= 4 is 69.6 Å². The molecular formula is C29H23Cl5N6O2. The number of aromatic hydroxyl groups is 1. The smallest absolute Gasteiger partial charge is 0.161 e. The van der Waals surface area contributed by atoms with Crippen LogP contribution in [0.5, 0.6) is 11.5 Å². The normalized spacial score (nSPS) is 10.4. The summed E-state index contributed by atoms with van der Waals surface area (Å²) in [7, 11) is 1.50. The van der Waals surface area contributed by atoms with Gasteiger partial charge in [-0.2, -0.15) is 0 Å². The monoisotopic (exact) mass is 662 g/mol. The van der Waals surface area contributed by atoms with Crippen molar-refractivity contribution in [3.05, 3.63) is 116 Å². The maximum Gasteiger partial charge on any atom is 0.161 e. The molecule has 5 rings (SSSR count). The Bertz CT molecular complexity index is 1670. The molecule has 0 unspecified atom stereocenters. The lowest BCUT2D eigenvalue weighted by molar-refractivity contribution is 0.373. The second-order valence-electron chi connectivity index (χ2n) is 8.61. The number of hydrogen-bond donors (Lipinski definition) is 3. The number of hydrogen-bond acceptors (Lipinski definition) is 8. The predicted molar refractivity (Wildman–Crippen MR) is 170 cm³/mol. The molecule has 2 aromatic heterocycles. The van der Waals surface area contributed by atoms with Gasteiger partial charge in [0, 0.05) is 18.7 Å². The Hall–Kier alpha value is -3.53. The predicted octanol–water partition coefficient (Wildman–Crippen LogP) is 8.83. The van der Waals surface area contributed by atoms with E-state index in [4.69, 9.17) is 62.7 Å². The topological polar surface area (TPSA) is 105 Å². The van der Waals surface area contributed by atoms with Gasteiger partial charge in [0.25, 0.3) is 0 Å². The third-order valence-electron chi connectivity index (χ3n) is 5.63. The fourth-order valence-electron chi connectivity index (χ4n) is 3.54. The van der Waals surface area contributed by atoms with E-state index in [1.54, 1.807) is 61.1 Å². The zero-order chi connectivity index (χ0) is 30.1. The third-order valence-corrected chi connectivity index (χ3v) is 7.29. The van der Waals surface area contributed by atoms with Crippen LogP contribution in [0.2, 0.25) is 25.2 Å². The fourth-order valence-corrected chi connectivity index (χ4v) is 4.33. The van der Waals surface area contributed by atoms with Crippen molar-refractivity contribution in [3.63, 3.8) is 0 Å². The van der Waals surface area contributed by atoms with Crippen LogP contribution >= 0.6 is 58.0 Å². The molecule has 0 atom stereocenters. The molecule has 3 aromatic carbocycles. The van der Waals surface area contributed by atoms with Crippen molar-refractivity contribution in [2.75, 3.05) is 17.7 Å². The van der Waals surface area contributed by atoms with Crippen LogP contribution in [0.3, 0.4) is 0 Å². The van der Waals surface area contributed by atoms with Crippen molar-refractivity contribution < 1.29 is 9.84 Å². The molecule has 0 spiro atoms. The molecule has 216 valence electrons. The summed E-state index contributed by atoms with van der Waals surface area (Å²) in [6.07, 6.45) is 6.37. The van der Waals surface area contributed by atoms with E-state index in [0.29, 0.717) is 61.4 Å². The molecule has 0 fully saturated rings. The Kier molecular flexibility index (Phi) is 11.3.